The minimum absolute atomic E-state index is 0.252. The molecule has 0 saturated carbocycles. The van der Waals surface area contributed by atoms with Crippen LogP contribution in [0.3, 0.4) is 0 Å². The second kappa shape index (κ2) is 3.49. The monoisotopic (exact) mass is 143 g/mol. The van der Waals surface area contributed by atoms with Gasteiger partial charge in [-0.15, -0.1) is 0 Å². The fraction of sp³-hybridized carbons (Fsp3) is 0.750. The molecule has 0 atom stereocenters. The van der Waals surface area contributed by atoms with Gasteiger partial charge in [0.05, 0.1) is 5.89 Å². The van der Waals surface area contributed by atoms with Gasteiger partial charge in [0.25, 0.3) is 0 Å². The molecule has 0 N–H and O–H groups in total. The second-order valence-electron chi connectivity index (χ2n) is 2.68. The highest BCUT2D eigenvalue weighted by atomic mass is 16.1. The first-order chi connectivity index (χ1) is 4.83. The number of hydrogen-bond donors (Lipinski definition) is 0. The molecule has 0 spiro atoms. The van der Waals surface area contributed by atoms with E-state index in [0.29, 0.717) is 0 Å². The van der Waals surface area contributed by atoms with E-state index < -0.39 is 5.89 Å². The minimum Gasteiger partial charge on any atom is -0.299 e. The molecule has 0 aromatic heterocycles. The molecule has 2 heteroatoms. The summed E-state index contributed by atoms with van der Waals surface area (Å²) in [5.74, 6) is -2.53. The van der Waals surface area contributed by atoms with E-state index >= 15 is 0 Å². The Hall–Kier alpha value is -0.660. The van der Waals surface area contributed by atoms with Gasteiger partial charge >= 0.3 is 0 Å². The Morgan fingerprint density at radius 3 is 1.50 bits per heavy atom. The summed E-state index contributed by atoms with van der Waals surface area (Å²) >= 11 is 0. The van der Waals surface area contributed by atoms with Crippen LogP contribution in [0.5, 0.6) is 0 Å². The molecule has 0 rings (SSSR count). The van der Waals surface area contributed by atoms with Crippen molar-refractivity contribution in [2.75, 3.05) is 0 Å². The number of rotatable bonds is 3. The fourth-order valence-corrected chi connectivity index (χ4v) is 1.06. The molecule has 0 unspecified atom stereocenters. The van der Waals surface area contributed by atoms with Gasteiger partial charge < -0.3 is 0 Å². The third-order valence-electron chi connectivity index (χ3n) is 1.34. The lowest BCUT2D eigenvalue weighted by Crippen LogP contribution is -2.24. The molecular formula is C8H14O2. The zero-order valence-corrected chi connectivity index (χ0v) is 6.89. The topological polar surface area (TPSA) is 34.1 Å². The summed E-state index contributed by atoms with van der Waals surface area (Å²) < 4.78 is 7.59. The van der Waals surface area contributed by atoms with Crippen molar-refractivity contribution in [3.63, 3.8) is 0 Å². The largest absolute Gasteiger partial charge is 0.299 e. The molecule has 0 radical (unpaired) electrons. The predicted molar refractivity (Wildman–Crippen MR) is 39.7 cm³/mol. The van der Waals surface area contributed by atoms with Crippen LogP contribution in [0.15, 0.2) is 0 Å². The van der Waals surface area contributed by atoms with Gasteiger partial charge in [0.2, 0.25) is 0 Å². The molecule has 58 valence electrons. The van der Waals surface area contributed by atoms with E-state index in [9.17, 15) is 9.59 Å². The quantitative estimate of drug-likeness (QED) is 0.560. The first-order valence-electron chi connectivity index (χ1n) is 3.85. The molecule has 0 aliphatic heterocycles. The third-order valence-corrected chi connectivity index (χ3v) is 1.34. The van der Waals surface area contributed by atoms with E-state index in [1.54, 1.807) is 13.8 Å². The van der Waals surface area contributed by atoms with Crippen molar-refractivity contribution < 1.29 is 11.0 Å². The van der Waals surface area contributed by atoms with Crippen molar-refractivity contribution in [3.8, 4) is 0 Å². The molecular weight excluding hydrogens is 128 g/mol. The van der Waals surface area contributed by atoms with Crippen molar-refractivity contribution in [1.29, 1.82) is 0 Å². The average Bonchev–Trinajstić information content (AvgIpc) is 1.84. The Morgan fingerprint density at radius 2 is 1.50 bits per heavy atom. The van der Waals surface area contributed by atoms with Gasteiger partial charge in [-0.25, -0.2) is 0 Å². The Labute approximate surface area is 63.0 Å². The maximum atomic E-state index is 10.9. The Balaban J connectivity index is 4.82. The van der Waals surface area contributed by atoms with Crippen molar-refractivity contribution >= 4 is 11.6 Å². The van der Waals surface area contributed by atoms with Gasteiger partial charge in [0.15, 0.2) is 0 Å². The van der Waals surface area contributed by atoms with Gasteiger partial charge in [-0.05, 0) is 19.8 Å². The van der Waals surface area contributed by atoms with Crippen molar-refractivity contribution in [1.82, 2.24) is 0 Å². The Bertz CT molecular complexity index is 171. The van der Waals surface area contributed by atoms with Crippen LogP contribution < -0.4 is 0 Å². The van der Waals surface area contributed by atoms with Gasteiger partial charge in [0.1, 0.15) is 11.6 Å². The van der Waals surface area contributed by atoms with Gasteiger partial charge in [-0.1, -0.05) is 13.8 Å². The van der Waals surface area contributed by atoms with E-state index in [-0.39, 0.29) is 17.5 Å². The highest BCUT2D eigenvalue weighted by Gasteiger charge is 2.22. The average molecular weight is 143 g/mol. The zero-order valence-electron chi connectivity index (χ0n) is 7.89. The normalized spacial score (nSPS) is 13.1. The molecule has 0 fully saturated rings. The lowest BCUT2D eigenvalue weighted by atomic mass is 9.89. The summed E-state index contributed by atoms with van der Waals surface area (Å²) in [7, 11) is 0. The molecule has 0 aromatic carbocycles. The van der Waals surface area contributed by atoms with Crippen LogP contribution in [-0.2, 0) is 9.59 Å². The number of carbonyl (C=O) groups excluding carboxylic acids is 2. The zero-order chi connectivity index (χ0) is 9.23. The second-order valence-corrected chi connectivity index (χ2v) is 2.68. The van der Waals surface area contributed by atoms with Crippen LogP contribution in [0.2, 0.25) is 0 Å². The Morgan fingerprint density at radius 1 is 1.20 bits per heavy atom. The van der Waals surface area contributed by atoms with Crippen molar-refractivity contribution in [2.45, 2.75) is 27.7 Å². The summed E-state index contributed by atoms with van der Waals surface area (Å²) in [6.45, 7) is 5.98. The summed E-state index contributed by atoms with van der Waals surface area (Å²) in [6, 6.07) is 0. The third kappa shape index (κ3) is 2.29. The van der Waals surface area contributed by atoms with Gasteiger partial charge in [-0.3, -0.25) is 9.59 Å². The molecule has 0 saturated heterocycles. The van der Waals surface area contributed by atoms with Crippen LogP contribution in [0.25, 0.3) is 0 Å². The molecule has 0 heterocycles. The maximum Gasteiger partial charge on any atom is 0.140 e. The molecule has 0 aliphatic rings. The highest BCUT2D eigenvalue weighted by molar-refractivity contribution is 6.00. The standard InChI is InChI=1S/C8H14O2/c1-5(2)8(6(3)9)7(4)10/h5,8H,1-4H3/i8D. The summed E-state index contributed by atoms with van der Waals surface area (Å²) in [5, 5.41) is 0. The fourth-order valence-electron chi connectivity index (χ4n) is 1.06. The molecule has 0 aliphatic carbocycles. The first kappa shape index (κ1) is 7.45. The van der Waals surface area contributed by atoms with Gasteiger partial charge in [-0.2, -0.15) is 0 Å². The lowest BCUT2D eigenvalue weighted by molar-refractivity contribution is -0.132. The van der Waals surface area contributed by atoms with E-state index in [4.69, 9.17) is 1.37 Å². The number of carbonyl (C=O) groups is 2. The number of ketones is 2. The molecule has 0 amide bonds. The molecule has 10 heavy (non-hydrogen) atoms. The number of Topliss-reactive ketones (excluding diaryl/α,β-unsaturated/α-hetero) is 2. The van der Waals surface area contributed by atoms with E-state index in [1.165, 1.54) is 13.8 Å². The van der Waals surface area contributed by atoms with Crippen LogP contribution in [0.4, 0.5) is 0 Å². The van der Waals surface area contributed by atoms with Crippen LogP contribution in [0.1, 0.15) is 29.1 Å². The summed E-state index contributed by atoms with van der Waals surface area (Å²) in [4.78, 5) is 21.9. The highest BCUT2D eigenvalue weighted by Crippen LogP contribution is 2.12. The predicted octanol–water partition coefficient (Wildman–Crippen LogP) is 1.44. The van der Waals surface area contributed by atoms with E-state index in [2.05, 4.69) is 0 Å². The number of hydrogen-bond acceptors (Lipinski definition) is 2. The SMILES string of the molecule is [2H]C(C(C)=O)(C(C)=O)C(C)C. The minimum atomic E-state index is -1.53. The Kier molecular flexibility index (Phi) is 2.60. The van der Waals surface area contributed by atoms with Crippen LogP contribution in [-0.4, -0.2) is 11.6 Å². The maximum absolute atomic E-state index is 10.9. The first-order valence-corrected chi connectivity index (χ1v) is 3.35. The lowest BCUT2D eigenvalue weighted by Gasteiger charge is -2.12. The summed E-state index contributed by atoms with van der Waals surface area (Å²) in [6.07, 6.45) is 0. The molecule has 0 aromatic rings. The van der Waals surface area contributed by atoms with Crippen molar-refractivity contribution in [3.05, 3.63) is 0 Å². The van der Waals surface area contributed by atoms with Gasteiger partial charge in [0, 0.05) is 1.37 Å². The van der Waals surface area contributed by atoms with E-state index in [1.807, 2.05) is 0 Å². The van der Waals surface area contributed by atoms with E-state index in [0.717, 1.165) is 0 Å². The smallest absolute Gasteiger partial charge is 0.140 e. The molecule has 0 bridgehead atoms. The molecule has 2 nitrogen and oxygen atoms in total. The van der Waals surface area contributed by atoms with Crippen LogP contribution in [0, 0.1) is 11.8 Å². The van der Waals surface area contributed by atoms with Crippen LogP contribution >= 0.6 is 0 Å². The summed E-state index contributed by atoms with van der Waals surface area (Å²) in [5.41, 5.74) is 0. The van der Waals surface area contributed by atoms with Crippen molar-refractivity contribution in [2.24, 2.45) is 11.8 Å².